The van der Waals surface area contributed by atoms with Crippen molar-refractivity contribution >= 4 is 40.1 Å². The smallest absolute Gasteiger partial charge is 0.349 e. The van der Waals surface area contributed by atoms with Crippen LogP contribution < -0.4 is 9.47 Å². The first-order chi connectivity index (χ1) is 12.5. The van der Waals surface area contributed by atoms with Crippen LogP contribution in [0.1, 0.15) is 18.2 Å². The molecular weight excluding hydrogens is 373 g/mol. The molecule has 1 aromatic heterocycles. The highest BCUT2D eigenvalue weighted by Gasteiger charge is 2.17. The SMILES string of the molecule is CCc1cccc(OCC(=O)Oc2c(Cl)cc(Cl)c3ccc(C)nc23)c1. The third-order valence-corrected chi connectivity index (χ3v) is 4.45. The van der Waals surface area contributed by atoms with Gasteiger partial charge in [0.2, 0.25) is 0 Å². The number of aromatic nitrogens is 1. The Hall–Kier alpha value is -2.30. The van der Waals surface area contributed by atoms with Gasteiger partial charge in [-0.3, -0.25) is 0 Å². The number of rotatable bonds is 5. The maximum atomic E-state index is 12.2. The van der Waals surface area contributed by atoms with Crippen LogP contribution in [0.4, 0.5) is 0 Å². The Balaban J connectivity index is 1.80. The van der Waals surface area contributed by atoms with E-state index in [2.05, 4.69) is 11.9 Å². The fourth-order valence-electron chi connectivity index (χ4n) is 2.53. The van der Waals surface area contributed by atoms with Crippen LogP contribution in [0.5, 0.6) is 11.5 Å². The molecular formula is C20H17Cl2NO3. The average molecular weight is 390 g/mol. The Morgan fingerprint density at radius 2 is 1.92 bits per heavy atom. The fraction of sp³-hybridized carbons (Fsp3) is 0.200. The molecule has 134 valence electrons. The van der Waals surface area contributed by atoms with Crippen LogP contribution in [0.2, 0.25) is 10.0 Å². The summed E-state index contributed by atoms with van der Waals surface area (Å²) in [7, 11) is 0. The Kier molecular flexibility index (Phi) is 5.64. The molecule has 0 atom stereocenters. The number of hydrogen-bond donors (Lipinski definition) is 0. The van der Waals surface area contributed by atoms with E-state index in [1.165, 1.54) is 6.07 Å². The van der Waals surface area contributed by atoms with Crippen molar-refractivity contribution in [3.8, 4) is 11.5 Å². The van der Waals surface area contributed by atoms with Gasteiger partial charge in [-0.1, -0.05) is 42.3 Å². The standard InChI is InChI=1S/C20H17Cl2NO3/c1-3-13-5-4-6-14(9-13)25-11-18(24)26-20-17(22)10-16(21)15-8-7-12(2)23-19(15)20/h4-10H,3,11H2,1-2H3. The van der Waals surface area contributed by atoms with Gasteiger partial charge in [0.1, 0.15) is 11.3 Å². The number of benzene rings is 2. The van der Waals surface area contributed by atoms with Gasteiger partial charge in [-0.05, 0) is 49.2 Å². The summed E-state index contributed by atoms with van der Waals surface area (Å²) in [5.74, 6) is 0.230. The molecule has 3 aromatic rings. The van der Waals surface area contributed by atoms with Gasteiger partial charge in [-0.2, -0.15) is 0 Å². The van der Waals surface area contributed by atoms with Crippen molar-refractivity contribution in [3.63, 3.8) is 0 Å². The lowest BCUT2D eigenvalue weighted by Crippen LogP contribution is -2.18. The number of carbonyl (C=O) groups is 1. The molecule has 0 bridgehead atoms. The Morgan fingerprint density at radius 3 is 2.69 bits per heavy atom. The number of aryl methyl sites for hydroxylation is 2. The van der Waals surface area contributed by atoms with Crippen LogP contribution in [-0.2, 0) is 11.2 Å². The normalized spacial score (nSPS) is 10.8. The monoisotopic (exact) mass is 389 g/mol. The van der Waals surface area contributed by atoms with Crippen molar-refractivity contribution in [3.05, 3.63) is 63.8 Å². The van der Waals surface area contributed by atoms with Crippen LogP contribution in [-0.4, -0.2) is 17.6 Å². The topological polar surface area (TPSA) is 48.4 Å². The number of carbonyl (C=O) groups excluding carboxylic acids is 1. The number of halogens is 2. The number of pyridine rings is 1. The fourth-order valence-corrected chi connectivity index (χ4v) is 3.08. The molecule has 4 nitrogen and oxygen atoms in total. The highest BCUT2D eigenvalue weighted by atomic mass is 35.5. The van der Waals surface area contributed by atoms with Gasteiger partial charge in [0.05, 0.1) is 10.0 Å². The summed E-state index contributed by atoms with van der Waals surface area (Å²) < 4.78 is 10.9. The van der Waals surface area contributed by atoms with Crippen molar-refractivity contribution in [1.82, 2.24) is 4.98 Å². The van der Waals surface area contributed by atoms with Crippen LogP contribution in [0.15, 0.2) is 42.5 Å². The molecule has 0 amide bonds. The maximum absolute atomic E-state index is 12.2. The zero-order chi connectivity index (χ0) is 18.7. The number of nitrogens with zero attached hydrogens (tertiary/aromatic N) is 1. The van der Waals surface area contributed by atoms with E-state index in [0.717, 1.165) is 17.7 Å². The zero-order valence-corrected chi connectivity index (χ0v) is 15.9. The van der Waals surface area contributed by atoms with Gasteiger partial charge in [0, 0.05) is 11.1 Å². The third kappa shape index (κ3) is 4.09. The lowest BCUT2D eigenvalue weighted by molar-refractivity contribution is -0.136. The van der Waals surface area contributed by atoms with Gasteiger partial charge >= 0.3 is 5.97 Å². The molecule has 0 spiro atoms. The van der Waals surface area contributed by atoms with Crippen molar-refractivity contribution in [2.45, 2.75) is 20.3 Å². The molecule has 0 unspecified atom stereocenters. The molecule has 0 aliphatic carbocycles. The van der Waals surface area contributed by atoms with Gasteiger partial charge in [0.15, 0.2) is 12.4 Å². The number of fused-ring (bicyclic) bond motifs is 1. The predicted molar refractivity (Wildman–Crippen MR) is 103 cm³/mol. The minimum absolute atomic E-state index is 0.186. The molecule has 0 radical (unpaired) electrons. The first-order valence-corrected chi connectivity index (χ1v) is 8.91. The second kappa shape index (κ2) is 7.94. The van der Waals surface area contributed by atoms with Crippen LogP contribution in [0.25, 0.3) is 10.9 Å². The first kappa shape index (κ1) is 18.5. The Bertz CT molecular complexity index is 973. The van der Waals surface area contributed by atoms with Crippen LogP contribution in [0.3, 0.4) is 0 Å². The van der Waals surface area contributed by atoms with E-state index >= 15 is 0 Å². The molecule has 0 aliphatic heterocycles. The molecule has 3 rings (SSSR count). The van der Waals surface area contributed by atoms with E-state index in [1.807, 2.05) is 37.3 Å². The second-order valence-corrected chi connectivity index (χ2v) is 6.60. The van der Waals surface area contributed by atoms with Crippen LogP contribution in [0, 0.1) is 6.92 Å². The van der Waals surface area contributed by atoms with Crippen molar-refractivity contribution < 1.29 is 14.3 Å². The van der Waals surface area contributed by atoms with Crippen molar-refractivity contribution in [1.29, 1.82) is 0 Å². The third-order valence-electron chi connectivity index (χ3n) is 3.86. The Labute approximate surface area is 161 Å². The van der Waals surface area contributed by atoms with E-state index in [4.69, 9.17) is 32.7 Å². The quantitative estimate of drug-likeness (QED) is 0.433. The van der Waals surface area contributed by atoms with Crippen molar-refractivity contribution in [2.24, 2.45) is 0 Å². The largest absolute Gasteiger partial charge is 0.482 e. The molecule has 2 aromatic carbocycles. The number of hydrogen-bond acceptors (Lipinski definition) is 4. The molecule has 0 N–H and O–H groups in total. The second-order valence-electron chi connectivity index (χ2n) is 5.78. The molecule has 0 aliphatic rings. The Morgan fingerprint density at radius 1 is 1.12 bits per heavy atom. The minimum Gasteiger partial charge on any atom is -0.482 e. The van der Waals surface area contributed by atoms with Crippen LogP contribution >= 0.6 is 23.2 Å². The number of esters is 1. The molecule has 0 saturated heterocycles. The van der Waals surface area contributed by atoms with E-state index in [1.54, 1.807) is 6.07 Å². The number of ether oxygens (including phenoxy) is 2. The van der Waals surface area contributed by atoms with E-state index in [9.17, 15) is 4.79 Å². The molecule has 1 heterocycles. The molecule has 26 heavy (non-hydrogen) atoms. The van der Waals surface area contributed by atoms with E-state index < -0.39 is 5.97 Å². The van der Waals surface area contributed by atoms with Gasteiger partial charge in [-0.25, -0.2) is 9.78 Å². The molecule has 0 saturated carbocycles. The summed E-state index contributed by atoms with van der Waals surface area (Å²) >= 11 is 12.4. The van der Waals surface area contributed by atoms with Crippen molar-refractivity contribution in [2.75, 3.05) is 6.61 Å². The summed E-state index contributed by atoms with van der Waals surface area (Å²) in [6.45, 7) is 3.65. The van der Waals surface area contributed by atoms with Gasteiger partial charge in [-0.15, -0.1) is 0 Å². The summed E-state index contributed by atoms with van der Waals surface area (Å²) in [4.78, 5) is 16.6. The average Bonchev–Trinajstić information content (AvgIpc) is 2.63. The summed E-state index contributed by atoms with van der Waals surface area (Å²) in [5.41, 5.74) is 2.34. The predicted octanol–water partition coefficient (Wildman–Crippen LogP) is 5.40. The lowest BCUT2D eigenvalue weighted by atomic mass is 10.2. The highest BCUT2D eigenvalue weighted by molar-refractivity contribution is 6.39. The summed E-state index contributed by atoms with van der Waals surface area (Å²) in [6.07, 6.45) is 0.888. The maximum Gasteiger partial charge on any atom is 0.349 e. The first-order valence-electron chi connectivity index (χ1n) is 8.15. The summed E-state index contributed by atoms with van der Waals surface area (Å²) in [5, 5.41) is 1.34. The zero-order valence-electron chi connectivity index (χ0n) is 14.4. The van der Waals surface area contributed by atoms with E-state index in [-0.39, 0.29) is 17.4 Å². The van der Waals surface area contributed by atoms with Gasteiger partial charge in [0.25, 0.3) is 0 Å². The molecule has 6 heteroatoms. The molecule has 0 fully saturated rings. The van der Waals surface area contributed by atoms with E-state index in [0.29, 0.717) is 21.7 Å². The summed E-state index contributed by atoms with van der Waals surface area (Å²) in [6, 6.07) is 12.8. The highest BCUT2D eigenvalue weighted by Crippen LogP contribution is 2.37. The minimum atomic E-state index is -0.569. The van der Waals surface area contributed by atoms with Gasteiger partial charge < -0.3 is 9.47 Å². The lowest BCUT2D eigenvalue weighted by Gasteiger charge is -2.12.